The van der Waals surface area contributed by atoms with Gasteiger partial charge in [-0.3, -0.25) is 14.5 Å². The van der Waals surface area contributed by atoms with E-state index in [1.165, 1.54) is 32.1 Å². The molecule has 1 saturated carbocycles. The summed E-state index contributed by atoms with van der Waals surface area (Å²) in [5.41, 5.74) is 6.27. The van der Waals surface area contributed by atoms with Crippen LogP contribution in [0.25, 0.3) is 0 Å². The van der Waals surface area contributed by atoms with Crippen LogP contribution < -0.4 is 11.1 Å². The van der Waals surface area contributed by atoms with Crippen molar-refractivity contribution in [3.8, 4) is 0 Å². The van der Waals surface area contributed by atoms with E-state index >= 15 is 0 Å². The average molecular weight is 383 g/mol. The Morgan fingerprint density at radius 1 is 1.14 bits per heavy atom. The molecular formula is C22H29N3O3. The molecule has 1 aliphatic carbocycles. The van der Waals surface area contributed by atoms with Crippen molar-refractivity contribution >= 4 is 11.8 Å². The number of rotatable bonds is 5. The molecule has 4 aliphatic rings. The Balaban J connectivity index is 1.23. The Morgan fingerprint density at radius 2 is 1.86 bits per heavy atom. The number of carbonyl (C=O) groups excluding carboxylic acids is 2. The van der Waals surface area contributed by atoms with E-state index < -0.39 is 5.91 Å². The van der Waals surface area contributed by atoms with E-state index in [1.54, 1.807) is 24.3 Å². The van der Waals surface area contributed by atoms with Gasteiger partial charge >= 0.3 is 0 Å². The molecule has 3 heterocycles. The summed E-state index contributed by atoms with van der Waals surface area (Å²) in [5, 5.41) is 3.11. The molecule has 5 rings (SSSR count). The van der Waals surface area contributed by atoms with Gasteiger partial charge in [-0.25, -0.2) is 0 Å². The number of likely N-dealkylation sites (tertiary alicyclic amines) is 1. The zero-order chi connectivity index (χ0) is 19.3. The van der Waals surface area contributed by atoms with Crippen molar-refractivity contribution in [1.29, 1.82) is 0 Å². The summed E-state index contributed by atoms with van der Waals surface area (Å²) in [6.45, 7) is 2.86. The first kappa shape index (κ1) is 18.1. The van der Waals surface area contributed by atoms with Gasteiger partial charge in [-0.05, 0) is 49.9 Å². The standard InChI is InChI=1S/C22H29N3O3/c23-20(26)14-5-7-15(8-6-14)21(27)24-11-17-18-12-25(16-3-1-2-4-16)13-22(18)10-9-19(17)28-22/h5-8,16-19H,1-4,9-13H2,(H2,23,26)(H,24,27)/t17-,18+,19+,22+/m0/s1. The molecule has 2 bridgehead atoms. The maximum atomic E-state index is 12.6. The van der Waals surface area contributed by atoms with Gasteiger partial charge in [-0.2, -0.15) is 0 Å². The van der Waals surface area contributed by atoms with Crippen molar-refractivity contribution in [1.82, 2.24) is 10.2 Å². The SMILES string of the molecule is NC(=O)c1ccc(C(=O)NC[C@H]2[C@H]3CN(C4CCCC4)C[C@]34CC[C@H]2O4)cc1. The lowest BCUT2D eigenvalue weighted by molar-refractivity contribution is -0.000876. The van der Waals surface area contributed by atoms with Gasteiger partial charge in [0.1, 0.15) is 0 Å². The van der Waals surface area contributed by atoms with E-state index in [1.807, 2.05) is 0 Å². The monoisotopic (exact) mass is 383 g/mol. The third-order valence-corrected chi connectivity index (χ3v) is 7.58. The third kappa shape index (κ3) is 2.94. The largest absolute Gasteiger partial charge is 0.370 e. The highest BCUT2D eigenvalue weighted by Gasteiger charge is 2.63. The maximum absolute atomic E-state index is 12.6. The summed E-state index contributed by atoms with van der Waals surface area (Å²) in [6, 6.07) is 7.26. The van der Waals surface area contributed by atoms with E-state index in [0.717, 1.165) is 25.6 Å². The fourth-order valence-corrected chi connectivity index (χ4v) is 6.15. The summed E-state index contributed by atoms with van der Waals surface area (Å²) in [5.74, 6) is 0.348. The Hall–Kier alpha value is -1.92. The van der Waals surface area contributed by atoms with Gasteiger partial charge in [0, 0.05) is 48.6 Å². The van der Waals surface area contributed by atoms with Crippen LogP contribution in [0.5, 0.6) is 0 Å². The highest BCUT2D eigenvalue weighted by atomic mass is 16.5. The van der Waals surface area contributed by atoms with Crippen molar-refractivity contribution in [2.75, 3.05) is 19.6 Å². The van der Waals surface area contributed by atoms with Gasteiger partial charge < -0.3 is 15.8 Å². The van der Waals surface area contributed by atoms with E-state index in [0.29, 0.717) is 29.5 Å². The van der Waals surface area contributed by atoms with Gasteiger partial charge in [-0.1, -0.05) is 12.8 Å². The van der Waals surface area contributed by atoms with Gasteiger partial charge in [0.25, 0.3) is 5.91 Å². The first-order chi connectivity index (χ1) is 13.6. The summed E-state index contributed by atoms with van der Waals surface area (Å²) in [6.07, 6.45) is 7.94. The molecule has 1 aromatic rings. The molecule has 0 radical (unpaired) electrons. The van der Waals surface area contributed by atoms with Crippen LogP contribution in [0.1, 0.15) is 59.2 Å². The van der Waals surface area contributed by atoms with Gasteiger partial charge in [0.05, 0.1) is 11.7 Å². The van der Waals surface area contributed by atoms with E-state index in [4.69, 9.17) is 10.5 Å². The van der Waals surface area contributed by atoms with Crippen LogP contribution in [0.15, 0.2) is 24.3 Å². The number of fused-ring (bicyclic) bond motifs is 1. The molecule has 0 unspecified atom stereocenters. The molecule has 3 N–H and O–H groups in total. The van der Waals surface area contributed by atoms with Gasteiger partial charge in [0.15, 0.2) is 0 Å². The molecule has 150 valence electrons. The second kappa shape index (κ2) is 6.85. The van der Waals surface area contributed by atoms with Crippen LogP contribution in [0, 0.1) is 11.8 Å². The number of nitrogens with one attached hydrogen (secondary N) is 1. The minimum absolute atomic E-state index is 0.0335. The summed E-state index contributed by atoms with van der Waals surface area (Å²) >= 11 is 0. The number of carbonyl (C=O) groups is 2. The highest BCUT2D eigenvalue weighted by molar-refractivity contribution is 5.97. The maximum Gasteiger partial charge on any atom is 0.251 e. The minimum Gasteiger partial charge on any atom is -0.370 e. The van der Waals surface area contributed by atoms with Crippen LogP contribution >= 0.6 is 0 Å². The van der Waals surface area contributed by atoms with Gasteiger partial charge in [-0.15, -0.1) is 0 Å². The summed E-state index contributed by atoms with van der Waals surface area (Å²) in [4.78, 5) is 26.4. The Kier molecular flexibility index (Phi) is 4.43. The number of primary amides is 1. The fourth-order valence-electron chi connectivity index (χ4n) is 6.15. The number of hydrogen-bond acceptors (Lipinski definition) is 4. The molecule has 28 heavy (non-hydrogen) atoms. The molecule has 4 atom stereocenters. The first-order valence-electron chi connectivity index (χ1n) is 10.7. The van der Waals surface area contributed by atoms with Crippen LogP contribution in [0.4, 0.5) is 0 Å². The van der Waals surface area contributed by atoms with Crippen molar-refractivity contribution < 1.29 is 14.3 Å². The fraction of sp³-hybridized carbons (Fsp3) is 0.636. The zero-order valence-electron chi connectivity index (χ0n) is 16.2. The zero-order valence-corrected chi connectivity index (χ0v) is 16.2. The number of ether oxygens (including phenoxy) is 1. The Morgan fingerprint density at radius 3 is 2.57 bits per heavy atom. The van der Waals surface area contributed by atoms with Crippen LogP contribution in [-0.2, 0) is 4.74 Å². The molecule has 1 spiro atoms. The molecule has 3 aliphatic heterocycles. The third-order valence-electron chi connectivity index (χ3n) is 7.58. The number of nitrogens with zero attached hydrogens (tertiary/aromatic N) is 1. The van der Waals surface area contributed by atoms with E-state index in [9.17, 15) is 9.59 Å². The van der Waals surface area contributed by atoms with E-state index in [2.05, 4.69) is 10.2 Å². The molecule has 2 amide bonds. The lowest BCUT2D eigenvalue weighted by Crippen LogP contribution is -2.41. The van der Waals surface area contributed by atoms with Gasteiger partial charge in [0.2, 0.25) is 5.91 Å². The summed E-state index contributed by atoms with van der Waals surface area (Å²) in [7, 11) is 0. The van der Waals surface area contributed by atoms with E-state index in [-0.39, 0.29) is 17.6 Å². The quantitative estimate of drug-likeness (QED) is 0.814. The predicted octanol–water partition coefficient (Wildman–Crippen LogP) is 1.94. The molecule has 0 aromatic heterocycles. The number of benzene rings is 1. The Labute approximate surface area is 165 Å². The lowest BCUT2D eigenvalue weighted by Gasteiger charge is -2.29. The molecule has 1 aromatic carbocycles. The molecule has 4 fully saturated rings. The molecular weight excluding hydrogens is 354 g/mol. The summed E-state index contributed by atoms with van der Waals surface area (Å²) < 4.78 is 6.52. The topological polar surface area (TPSA) is 84.7 Å². The van der Waals surface area contributed by atoms with Crippen LogP contribution in [0.2, 0.25) is 0 Å². The van der Waals surface area contributed by atoms with Crippen LogP contribution in [-0.4, -0.2) is 54.1 Å². The minimum atomic E-state index is -0.482. The highest BCUT2D eigenvalue weighted by Crippen LogP contribution is 2.55. The second-order valence-corrected chi connectivity index (χ2v) is 9.05. The lowest BCUT2D eigenvalue weighted by atomic mass is 9.73. The van der Waals surface area contributed by atoms with Crippen LogP contribution in [0.3, 0.4) is 0 Å². The van der Waals surface area contributed by atoms with Crippen molar-refractivity contribution in [3.63, 3.8) is 0 Å². The molecule has 6 heteroatoms. The number of nitrogens with two attached hydrogens (primary N) is 1. The number of hydrogen-bond donors (Lipinski definition) is 2. The molecule has 6 nitrogen and oxygen atoms in total. The smallest absolute Gasteiger partial charge is 0.251 e. The first-order valence-corrected chi connectivity index (χ1v) is 10.7. The molecule has 3 saturated heterocycles. The predicted molar refractivity (Wildman–Crippen MR) is 105 cm³/mol. The van der Waals surface area contributed by atoms with Crippen molar-refractivity contribution in [2.45, 2.75) is 56.3 Å². The normalized spacial score (nSPS) is 34.6. The second-order valence-electron chi connectivity index (χ2n) is 9.05. The average Bonchev–Trinajstić information content (AvgIpc) is 3.46. The number of amides is 2. The Bertz CT molecular complexity index is 774. The van der Waals surface area contributed by atoms with Crippen molar-refractivity contribution in [2.24, 2.45) is 17.6 Å². The van der Waals surface area contributed by atoms with Crippen molar-refractivity contribution in [3.05, 3.63) is 35.4 Å².